The summed E-state index contributed by atoms with van der Waals surface area (Å²) in [5.41, 5.74) is 0.512. The van der Waals surface area contributed by atoms with Gasteiger partial charge in [-0.25, -0.2) is 4.79 Å². The normalized spacial score (nSPS) is 9.71. The van der Waals surface area contributed by atoms with Gasteiger partial charge in [0, 0.05) is 14.1 Å². The van der Waals surface area contributed by atoms with E-state index >= 15 is 0 Å². The quantitative estimate of drug-likeness (QED) is 0.794. The fourth-order valence-corrected chi connectivity index (χ4v) is 1.18. The minimum absolute atomic E-state index is 0.242. The first kappa shape index (κ1) is 11.1. The molecule has 2 amide bonds. The average Bonchev–Trinajstić information content (AvgIpc) is 2.12. The third kappa shape index (κ3) is 2.53. The van der Waals surface area contributed by atoms with Gasteiger partial charge < -0.3 is 10.2 Å². The van der Waals surface area contributed by atoms with Crippen LogP contribution in [0.25, 0.3) is 0 Å². The summed E-state index contributed by atoms with van der Waals surface area (Å²) in [6, 6.07) is 4.83. The van der Waals surface area contributed by atoms with Gasteiger partial charge in [0.2, 0.25) is 0 Å². The number of hydrogen-bond acceptors (Lipinski definition) is 1. The second-order valence-corrected chi connectivity index (χ2v) is 3.71. The minimum atomic E-state index is -0.242. The van der Waals surface area contributed by atoms with Crippen LogP contribution in [0.15, 0.2) is 18.2 Å². The number of hydrogen-bond donors (Lipinski definition) is 1. The SMILES string of the molecule is CN(C)C(=O)Nc1cccc(Cl)c1Cl. The van der Waals surface area contributed by atoms with Gasteiger partial charge in [-0.15, -0.1) is 0 Å². The van der Waals surface area contributed by atoms with E-state index in [-0.39, 0.29) is 6.03 Å². The monoisotopic (exact) mass is 232 g/mol. The highest BCUT2D eigenvalue weighted by Crippen LogP contribution is 2.29. The summed E-state index contributed by atoms with van der Waals surface area (Å²) in [5, 5.41) is 3.39. The van der Waals surface area contributed by atoms with Crippen LogP contribution in [0.3, 0.4) is 0 Å². The van der Waals surface area contributed by atoms with Gasteiger partial charge in [0.15, 0.2) is 0 Å². The molecule has 76 valence electrons. The maximum absolute atomic E-state index is 11.3. The maximum Gasteiger partial charge on any atom is 0.321 e. The summed E-state index contributed by atoms with van der Waals surface area (Å²) < 4.78 is 0. The zero-order valence-corrected chi connectivity index (χ0v) is 9.36. The van der Waals surface area contributed by atoms with Gasteiger partial charge in [-0.3, -0.25) is 0 Å². The molecule has 0 saturated heterocycles. The summed E-state index contributed by atoms with van der Waals surface area (Å²) in [6.45, 7) is 0. The smallest absolute Gasteiger partial charge is 0.321 e. The summed E-state index contributed by atoms with van der Waals surface area (Å²) in [4.78, 5) is 12.7. The molecule has 1 aromatic rings. The molecule has 0 bridgehead atoms. The van der Waals surface area contributed by atoms with Crippen molar-refractivity contribution >= 4 is 34.9 Å². The zero-order chi connectivity index (χ0) is 10.7. The number of urea groups is 1. The molecular weight excluding hydrogens is 223 g/mol. The number of amides is 2. The van der Waals surface area contributed by atoms with Crippen LogP contribution in [0.5, 0.6) is 0 Å². The topological polar surface area (TPSA) is 32.3 Å². The standard InChI is InChI=1S/C9H10Cl2N2O/c1-13(2)9(14)12-7-5-3-4-6(10)8(7)11/h3-5H,1-2H3,(H,12,14). The molecule has 0 radical (unpaired) electrons. The molecule has 14 heavy (non-hydrogen) atoms. The molecule has 0 saturated carbocycles. The van der Waals surface area contributed by atoms with E-state index < -0.39 is 0 Å². The average molecular weight is 233 g/mol. The highest BCUT2D eigenvalue weighted by molar-refractivity contribution is 6.43. The highest BCUT2D eigenvalue weighted by atomic mass is 35.5. The van der Waals surface area contributed by atoms with Crippen LogP contribution in [-0.4, -0.2) is 25.0 Å². The van der Waals surface area contributed by atoms with Crippen LogP contribution < -0.4 is 5.32 Å². The highest BCUT2D eigenvalue weighted by Gasteiger charge is 2.08. The Morgan fingerprint density at radius 2 is 2.00 bits per heavy atom. The Hall–Kier alpha value is -0.930. The molecule has 1 N–H and O–H groups in total. The predicted molar refractivity (Wildman–Crippen MR) is 59.2 cm³/mol. The number of benzene rings is 1. The van der Waals surface area contributed by atoms with E-state index in [1.807, 2.05) is 0 Å². The van der Waals surface area contributed by atoms with E-state index in [0.717, 1.165) is 0 Å². The second kappa shape index (κ2) is 4.53. The van der Waals surface area contributed by atoms with Crippen LogP contribution in [-0.2, 0) is 0 Å². The zero-order valence-electron chi connectivity index (χ0n) is 7.84. The number of carbonyl (C=O) groups is 1. The number of halogens is 2. The van der Waals surface area contributed by atoms with Crippen molar-refractivity contribution in [2.45, 2.75) is 0 Å². The summed E-state index contributed by atoms with van der Waals surface area (Å²) in [5.74, 6) is 0. The Balaban J connectivity index is 2.87. The van der Waals surface area contributed by atoms with Crippen LogP contribution in [0.1, 0.15) is 0 Å². The lowest BCUT2D eigenvalue weighted by molar-refractivity contribution is 0.230. The molecule has 0 atom stereocenters. The molecule has 1 aromatic carbocycles. The predicted octanol–water partition coefficient (Wildman–Crippen LogP) is 3.09. The first-order valence-corrected chi connectivity index (χ1v) is 4.70. The van der Waals surface area contributed by atoms with E-state index in [1.54, 1.807) is 32.3 Å². The summed E-state index contributed by atoms with van der Waals surface area (Å²) in [6.07, 6.45) is 0. The summed E-state index contributed by atoms with van der Waals surface area (Å²) >= 11 is 11.7. The van der Waals surface area contributed by atoms with Crippen LogP contribution in [0, 0.1) is 0 Å². The lowest BCUT2D eigenvalue weighted by Crippen LogP contribution is -2.27. The lowest BCUT2D eigenvalue weighted by Gasteiger charge is -2.13. The first-order chi connectivity index (χ1) is 6.52. The van der Waals surface area contributed by atoms with Gasteiger partial charge in [0.1, 0.15) is 0 Å². The van der Waals surface area contributed by atoms with Crippen molar-refractivity contribution in [2.75, 3.05) is 19.4 Å². The van der Waals surface area contributed by atoms with E-state index in [2.05, 4.69) is 5.32 Å². The number of rotatable bonds is 1. The molecule has 0 spiro atoms. The van der Waals surface area contributed by atoms with Crippen molar-refractivity contribution < 1.29 is 4.79 Å². The first-order valence-electron chi connectivity index (χ1n) is 3.94. The molecule has 0 aliphatic rings. The van der Waals surface area contributed by atoms with Crippen LogP contribution in [0.2, 0.25) is 10.0 Å². The fraction of sp³-hybridized carbons (Fsp3) is 0.222. The largest absolute Gasteiger partial charge is 0.331 e. The van der Waals surface area contributed by atoms with Crippen molar-refractivity contribution in [3.63, 3.8) is 0 Å². The van der Waals surface area contributed by atoms with E-state index in [9.17, 15) is 4.79 Å². The number of carbonyl (C=O) groups excluding carboxylic acids is 1. The summed E-state index contributed by atoms with van der Waals surface area (Å²) in [7, 11) is 3.29. The van der Waals surface area contributed by atoms with Crippen molar-refractivity contribution in [3.8, 4) is 0 Å². The number of nitrogens with zero attached hydrogens (tertiary/aromatic N) is 1. The Bertz CT molecular complexity index is 353. The molecule has 1 rings (SSSR count). The number of anilines is 1. The Morgan fingerprint density at radius 3 is 2.57 bits per heavy atom. The maximum atomic E-state index is 11.3. The molecule has 3 nitrogen and oxygen atoms in total. The van der Waals surface area contributed by atoms with Crippen molar-refractivity contribution in [1.29, 1.82) is 0 Å². The van der Waals surface area contributed by atoms with Gasteiger partial charge in [-0.2, -0.15) is 0 Å². The Labute approximate surface area is 92.6 Å². The van der Waals surface area contributed by atoms with Crippen LogP contribution >= 0.6 is 23.2 Å². The van der Waals surface area contributed by atoms with Gasteiger partial charge >= 0.3 is 6.03 Å². The minimum Gasteiger partial charge on any atom is -0.331 e. The van der Waals surface area contributed by atoms with Gasteiger partial charge in [0.05, 0.1) is 15.7 Å². The molecular formula is C9H10Cl2N2O. The third-order valence-electron chi connectivity index (χ3n) is 1.60. The Kier molecular flexibility index (Phi) is 3.61. The van der Waals surface area contributed by atoms with E-state index in [0.29, 0.717) is 15.7 Å². The number of nitrogens with one attached hydrogen (secondary N) is 1. The van der Waals surface area contributed by atoms with E-state index in [1.165, 1.54) is 4.90 Å². The molecule has 0 aliphatic carbocycles. The van der Waals surface area contributed by atoms with Crippen molar-refractivity contribution in [3.05, 3.63) is 28.2 Å². The third-order valence-corrected chi connectivity index (χ3v) is 2.42. The van der Waals surface area contributed by atoms with Gasteiger partial charge in [-0.1, -0.05) is 29.3 Å². The second-order valence-electron chi connectivity index (χ2n) is 2.93. The lowest BCUT2D eigenvalue weighted by atomic mass is 10.3. The van der Waals surface area contributed by atoms with Crippen molar-refractivity contribution in [2.24, 2.45) is 0 Å². The molecule has 0 aromatic heterocycles. The van der Waals surface area contributed by atoms with E-state index in [4.69, 9.17) is 23.2 Å². The van der Waals surface area contributed by atoms with Gasteiger partial charge in [-0.05, 0) is 12.1 Å². The molecule has 0 unspecified atom stereocenters. The Morgan fingerprint density at radius 1 is 1.36 bits per heavy atom. The fourth-order valence-electron chi connectivity index (χ4n) is 0.827. The molecule has 0 fully saturated rings. The van der Waals surface area contributed by atoms with Crippen LogP contribution in [0.4, 0.5) is 10.5 Å². The molecule has 5 heteroatoms. The molecule has 0 aliphatic heterocycles. The van der Waals surface area contributed by atoms with Crippen molar-refractivity contribution in [1.82, 2.24) is 4.90 Å². The van der Waals surface area contributed by atoms with Gasteiger partial charge in [0.25, 0.3) is 0 Å². The molecule has 0 heterocycles.